The van der Waals surface area contributed by atoms with Gasteiger partial charge in [0.15, 0.2) is 5.66 Å². The highest BCUT2D eigenvalue weighted by Gasteiger charge is 2.56. The summed E-state index contributed by atoms with van der Waals surface area (Å²) in [5, 5.41) is 6.96. The molecule has 186 valence electrons. The van der Waals surface area contributed by atoms with Gasteiger partial charge in [0, 0.05) is 63.1 Å². The van der Waals surface area contributed by atoms with Crippen molar-refractivity contribution in [3.8, 4) is 0 Å². The van der Waals surface area contributed by atoms with E-state index >= 15 is 0 Å². The molecule has 1 aromatic carbocycles. The van der Waals surface area contributed by atoms with Gasteiger partial charge >= 0.3 is 0 Å². The third-order valence-corrected chi connectivity index (χ3v) is 6.72. The van der Waals surface area contributed by atoms with Crippen LogP contribution in [0.5, 0.6) is 0 Å². The summed E-state index contributed by atoms with van der Waals surface area (Å²) in [4.78, 5) is 37.8. The number of amides is 1. The maximum absolute atomic E-state index is 13.8. The molecule has 2 N–H and O–H groups in total. The van der Waals surface area contributed by atoms with E-state index < -0.39 is 5.66 Å². The van der Waals surface area contributed by atoms with Gasteiger partial charge in [-0.15, -0.1) is 0 Å². The Morgan fingerprint density at radius 1 is 1.03 bits per heavy atom. The number of hydrogen-bond acceptors (Lipinski definition) is 7. The molecule has 0 radical (unpaired) electrons. The Bertz CT molecular complexity index is 1080. The lowest BCUT2D eigenvalue weighted by Gasteiger charge is -2.57. The number of carbonyl (C=O) groups excluding carboxylic acids is 2. The number of nitrogens with zero attached hydrogens (tertiary/aromatic N) is 4. The molecule has 2 aromatic rings. The minimum absolute atomic E-state index is 0.0936. The molecule has 1 amide bonds. The minimum Gasteiger partial charge on any atom is -0.381 e. The smallest absolute Gasteiger partial charge is 0.258 e. The fraction of sp³-hybridized carbons (Fsp3) is 0.481. The van der Waals surface area contributed by atoms with Crippen LogP contribution >= 0.6 is 0 Å². The molecule has 35 heavy (non-hydrogen) atoms. The monoisotopic (exact) mass is 476 g/mol. The van der Waals surface area contributed by atoms with E-state index in [4.69, 9.17) is 4.98 Å². The molecule has 2 saturated heterocycles. The van der Waals surface area contributed by atoms with Crippen molar-refractivity contribution in [2.24, 2.45) is 0 Å². The van der Waals surface area contributed by atoms with E-state index in [9.17, 15) is 9.59 Å². The van der Waals surface area contributed by atoms with Crippen LogP contribution in [0, 0.1) is 0 Å². The summed E-state index contributed by atoms with van der Waals surface area (Å²) in [7, 11) is 0. The van der Waals surface area contributed by atoms with E-state index in [-0.39, 0.29) is 18.0 Å². The molecule has 1 unspecified atom stereocenters. The fourth-order valence-corrected chi connectivity index (χ4v) is 5.33. The van der Waals surface area contributed by atoms with Gasteiger partial charge in [0.05, 0.1) is 5.69 Å². The second-order valence-corrected chi connectivity index (χ2v) is 9.67. The summed E-state index contributed by atoms with van der Waals surface area (Å²) in [6.07, 6.45) is 1.77. The number of aromatic nitrogens is 1. The van der Waals surface area contributed by atoms with Gasteiger partial charge in [0.2, 0.25) is 0 Å². The first kappa shape index (κ1) is 25.1. The van der Waals surface area contributed by atoms with Gasteiger partial charge in [0.1, 0.15) is 17.3 Å². The molecular weight excluding hydrogens is 440 g/mol. The molecule has 2 aliphatic rings. The third kappa shape index (κ3) is 4.62. The van der Waals surface area contributed by atoms with Crippen LogP contribution < -0.4 is 10.6 Å². The normalized spacial score (nSPS) is 21.9. The standard InChI is InChI=1S/C27H36N6O2/c1-20(2)30-23-11-8-12-29-25(23)27(31-15-13-28-14-16-31)24(19-34)32(17-18-33(27)21(3)4)26(35)22-9-6-5-7-10-22/h5-12,20-21,28,30H,13-18H2,1-4H3. The number of nitrogens with one attached hydrogen (secondary N) is 2. The Morgan fingerprint density at radius 3 is 2.37 bits per heavy atom. The first-order chi connectivity index (χ1) is 16.9. The lowest BCUT2D eigenvalue weighted by Crippen LogP contribution is -2.71. The Morgan fingerprint density at radius 2 is 1.74 bits per heavy atom. The molecule has 1 aromatic heterocycles. The average Bonchev–Trinajstić information content (AvgIpc) is 2.88. The first-order valence-corrected chi connectivity index (χ1v) is 12.5. The second kappa shape index (κ2) is 10.7. The van der Waals surface area contributed by atoms with Crippen molar-refractivity contribution in [2.75, 3.05) is 44.6 Å². The summed E-state index contributed by atoms with van der Waals surface area (Å²) in [5.74, 6) is 2.06. The van der Waals surface area contributed by atoms with E-state index in [2.05, 4.69) is 54.1 Å². The van der Waals surface area contributed by atoms with Crippen molar-refractivity contribution in [3.05, 3.63) is 65.6 Å². The minimum atomic E-state index is -1.04. The molecule has 0 saturated carbocycles. The highest BCUT2D eigenvalue weighted by atomic mass is 16.2. The van der Waals surface area contributed by atoms with E-state index in [0.717, 1.165) is 24.5 Å². The Hall–Kier alpha value is -3.03. The molecule has 8 heteroatoms. The van der Waals surface area contributed by atoms with E-state index in [0.29, 0.717) is 37.4 Å². The Balaban J connectivity index is 1.97. The fourth-order valence-electron chi connectivity index (χ4n) is 5.33. The zero-order valence-corrected chi connectivity index (χ0v) is 21.1. The molecule has 4 rings (SSSR count). The lowest BCUT2D eigenvalue weighted by atomic mass is 9.89. The lowest BCUT2D eigenvalue weighted by molar-refractivity contribution is -0.0963. The van der Waals surface area contributed by atoms with Crippen LogP contribution in [0.25, 0.3) is 0 Å². The molecule has 2 aliphatic heterocycles. The molecule has 0 aliphatic carbocycles. The summed E-state index contributed by atoms with van der Waals surface area (Å²) < 4.78 is 0. The SMILES string of the molecule is CC(C)Nc1cccnc1C1(N2CCNCC2)C(=C=O)N(C(=O)c2ccccc2)CCN1C(C)C. The van der Waals surface area contributed by atoms with Gasteiger partial charge in [-0.3, -0.25) is 24.5 Å². The second-order valence-electron chi connectivity index (χ2n) is 9.67. The van der Waals surface area contributed by atoms with Crippen LogP contribution in [0.4, 0.5) is 5.69 Å². The molecule has 3 heterocycles. The van der Waals surface area contributed by atoms with Crippen molar-refractivity contribution in [1.29, 1.82) is 0 Å². The molecular formula is C27H36N6O2. The largest absolute Gasteiger partial charge is 0.381 e. The maximum atomic E-state index is 13.8. The van der Waals surface area contributed by atoms with Crippen molar-refractivity contribution in [2.45, 2.75) is 45.4 Å². The van der Waals surface area contributed by atoms with Crippen molar-refractivity contribution >= 4 is 17.5 Å². The van der Waals surface area contributed by atoms with E-state index in [1.165, 1.54) is 0 Å². The van der Waals surface area contributed by atoms with Gasteiger partial charge in [-0.05, 0) is 52.0 Å². The van der Waals surface area contributed by atoms with Gasteiger partial charge in [-0.1, -0.05) is 18.2 Å². The van der Waals surface area contributed by atoms with Crippen LogP contribution in [-0.2, 0) is 10.5 Å². The number of anilines is 1. The summed E-state index contributed by atoms with van der Waals surface area (Å²) in [6, 6.07) is 13.3. The maximum Gasteiger partial charge on any atom is 0.258 e. The molecule has 0 bridgehead atoms. The van der Waals surface area contributed by atoms with Crippen molar-refractivity contribution < 1.29 is 9.59 Å². The number of pyridine rings is 1. The van der Waals surface area contributed by atoms with Crippen LogP contribution in [0.15, 0.2) is 54.4 Å². The molecule has 2 fully saturated rings. The first-order valence-electron chi connectivity index (χ1n) is 12.5. The van der Waals surface area contributed by atoms with Crippen LogP contribution in [-0.4, -0.2) is 82.9 Å². The molecule has 8 nitrogen and oxygen atoms in total. The number of benzene rings is 1. The van der Waals surface area contributed by atoms with E-state index in [1.807, 2.05) is 30.3 Å². The van der Waals surface area contributed by atoms with Crippen molar-refractivity contribution in [1.82, 2.24) is 25.0 Å². The molecule has 0 spiro atoms. The zero-order chi connectivity index (χ0) is 25.0. The third-order valence-electron chi connectivity index (χ3n) is 6.72. The van der Waals surface area contributed by atoms with Gasteiger partial charge in [-0.25, -0.2) is 4.79 Å². The number of hydrogen-bond donors (Lipinski definition) is 2. The number of piperazine rings is 2. The highest BCUT2D eigenvalue weighted by Crippen LogP contribution is 2.46. The Kier molecular flexibility index (Phi) is 7.67. The van der Waals surface area contributed by atoms with E-state index in [1.54, 1.807) is 23.2 Å². The summed E-state index contributed by atoms with van der Waals surface area (Å²) >= 11 is 0. The predicted octanol–water partition coefficient (Wildman–Crippen LogP) is 2.54. The van der Waals surface area contributed by atoms with Gasteiger partial charge in [-0.2, -0.15) is 0 Å². The summed E-state index contributed by atoms with van der Waals surface area (Å²) in [6.45, 7) is 12.4. The summed E-state index contributed by atoms with van der Waals surface area (Å²) in [5.41, 5.74) is 1.40. The van der Waals surface area contributed by atoms with Gasteiger partial charge in [0.25, 0.3) is 5.91 Å². The van der Waals surface area contributed by atoms with Crippen LogP contribution in [0.2, 0.25) is 0 Å². The molecule has 1 atom stereocenters. The van der Waals surface area contributed by atoms with Gasteiger partial charge < -0.3 is 10.6 Å². The average molecular weight is 477 g/mol. The zero-order valence-electron chi connectivity index (χ0n) is 21.1. The topological polar surface area (TPSA) is 80.8 Å². The number of carbonyl (C=O) groups is 1. The highest BCUT2D eigenvalue weighted by molar-refractivity contribution is 5.96. The van der Waals surface area contributed by atoms with Crippen LogP contribution in [0.1, 0.15) is 43.7 Å². The van der Waals surface area contributed by atoms with Crippen molar-refractivity contribution in [3.63, 3.8) is 0 Å². The van der Waals surface area contributed by atoms with Crippen LogP contribution in [0.3, 0.4) is 0 Å². The Labute approximate surface area is 208 Å². The quantitative estimate of drug-likeness (QED) is 0.620. The number of rotatable bonds is 6. The predicted molar refractivity (Wildman–Crippen MR) is 138 cm³/mol.